The SMILES string of the molecule is CCCNCc1ccc(Cl)cc1-n1cncn1. The van der Waals surface area contributed by atoms with Gasteiger partial charge in [-0.2, -0.15) is 5.10 Å². The lowest BCUT2D eigenvalue weighted by Gasteiger charge is -2.10. The van der Waals surface area contributed by atoms with Crippen LogP contribution in [0.3, 0.4) is 0 Å². The molecule has 0 saturated carbocycles. The lowest BCUT2D eigenvalue weighted by atomic mass is 10.1. The molecule has 0 unspecified atom stereocenters. The predicted octanol–water partition coefficient (Wildman–Crippen LogP) is 2.42. The highest BCUT2D eigenvalue weighted by Gasteiger charge is 2.05. The van der Waals surface area contributed by atoms with Crippen LogP contribution in [0.25, 0.3) is 5.69 Å². The van der Waals surface area contributed by atoms with Crippen LogP contribution in [0, 0.1) is 0 Å². The number of hydrogen-bond acceptors (Lipinski definition) is 3. The van der Waals surface area contributed by atoms with Crippen molar-refractivity contribution in [3.8, 4) is 5.69 Å². The first-order chi connectivity index (χ1) is 8.31. The summed E-state index contributed by atoms with van der Waals surface area (Å²) in [5.41, 5.74) is 2.13. The summed E-state index contributed by atoms with van der Waals surface area (Å²) < 4.78 is 1.73. The summed E-state index contributed by atoms with van der Waals surface area (Å²) in [5.74, 6) is 0. The predicted molar refractivity (Wildman–Crippen MR) is 68.4 cm³/mol. The Morgan fingerprint density at radius 2 is 2.29 bits per heavy atom. The molecule has 17 heavy (non-hydrogen) atoms. The van der Waals surface area contributed by atoms with E-state index in [0.717, 1.165) is 30.8 Å². The maximum atomic E-state index is 6.01. The van der Waals surface area contributed by atoms with Crippen LogP contribution in [0.5, 0.6) is 0 Å². The third-order valence-corrected chi connectivity index (χ3v) is 2.69. The molecule has 5 heteroatoms. The molecule has 0 aliphatic rings. The van der Waals surface area contributed by atoms with Crippen LogP contribution in [-0.2, 0) is 6.54 Å². The van der Waals surface area contributed by atoms with Crippen molar-refractivity contribution >= 4 is 11.6 Å². The molecule has 0 atom stereocenters. The van der Waals surface area contributed by atoms with Crippen LogP contribution in [0.15, 0.2) is 30.9 Å². The Kier molecular flexibility index (Phi) is 4.12. The van der Waals surface area contributed by atoms with Gasteiger partial charge in [-0.1, -0.05) is 24.6 Å². The minimum Gasteiger partial charge on any atom is -0.313 e. The van der Waals surface area contributed by atoms with E-state index >= 15 is 0 Å². The maximum absolute atomic E-state index is 6.01. The molecule has 1 N–H and O–H groups in total. The van der Waals surface area contributed by atoms with Crippen molar-refractivity contribution in [1.82, 2.24) is 20.1 Å². The highest BCUT2D eigenvalue weighted by atomic mass is 35.5. The van der Waals surface area contributed by atoms with Gasteiger partial charge in [-0.15, -0.1) is 0 Å². The van der Waals surface area contributed by atoms with Gasteiger partial charge in [0.25, 0.3) is 0 Å². The third kappa shape index (κ3) is 3.05. The van der Waals surface area contributed by atoms with Gasteiger partial charge in [-0.25, -0.2) is 9.67 Å². The van der Waals surface area contributed by atoms with Gasteiger partial charge >= 0.3 is 0 Å². The normalized spacial score (nSPS) is 10.7. The smallest absolute Gasteiger partial charge is 0.138 e. The van der Waals surface area contributed by atoms with Gasteiger partial charge in [0.2, 0.25) is 0 Å². The van der Waals surface area contributed by atoms with Gasteiger partial charge in [0.1, 0.15) is 12.7 Å². The van der Waals surface area contributed by atoms with Crippen LogP contribution < -0.4 is 5.32 Å². The number of aromatic nitrogens is 3. The first kappa shape index (κ1) is 12.1. The minimum atomic E-state index is 0.703. The average Bonchev–Trinajstić information content (AvgIpc) is 2.85. The zero-order chi connectivity index (χ0) is 12.1. The molecule has 2 rings (SSSR count). The van der Waals surface area contributed by atoms with Crippen LogP contribution in [-0.4, -0.2) is 21.3 Å². The van der Waals surface area contributed by atoms with Gasteiger partial charge < -0.3 is 5.32 Å². The summed E-state index contributed by atoms with van der Waals surface area (Å²) in [6, 6.07) is 5.81. The molecule has 2 aromatic rings. The van der Waals surface area contributed by atoms with Gasteiger partial charge in [0, 0.05) is 11.6 Å². The first-order valence-electron chi connectivity index (χ1n) is 5.65. The van der Waals surface area contributed by atoms with Gasteiger partial charge in [0.05, 0.1) is 5.69 Å². The van der Waals surface area contributed by atoms with Crippen LogP contribution in [0.2, 0.25) is 5.02 Å². The van der Waals surface area contributed by atoms with Gasteiger partial charge in [0.15, 0.2) is 0 Å². The first-order valence-corrected chi connectivity index (χ1v) is 6.03. The van der Waals surface area contributed by atoms with Crippen molar-refractivity contribution in [2.45, 2.75) is 19.9 Å². The second-order valence-electron chi connectivity index (χ2n) is 3.79. The Balaban J connectivity index is 2.25. The van der Waals surface area contributed by atoms with E-state index in [1.165, 1.54) is 6.33 Å². The van der Waals surface area contributed by atoms with Gasteiger partial charge in [-0.05, 0) is 30.7 Å². The monoisotopic (exact) mass is 250 g/mol. The fraction of sp³-hybridized carbons (Fsp3) is 0.333. The quantitative estimate of drug-likeness (QED) is 0.829. The van der Waals surface area contributed by atoms with E-state index < -0.39 is 0 Å². The molecule has 0 radical (unpaired) electrons. The van der Waals surface area contributed by atoms with E-state index in [4.69, 9.17) is 11.6 Å². The molecule has 1 aromatic carbocycles. The largest absolute Gasteiger partial charge is 0.313 e. The third-order valence-electron chi connectivity index (χ3n) is 2.46. The zero-order valence-electron chi connectivity index (χ0n) is 9.73. The second-order valence-corrected chi connectivity index (χ2v) is 4.23. The molecule has 0 saturated heterocycles. The standard InChI is InChI=1S/C12H15ClN4/c1-2-5-14-7-10-3-4-11(13)6-12(10)17-9-15-8-16-17/h3-4,6,8-9,14H,2,5,7H2,1H3. The molecule has 0 spiro atoms. The molecular formula is C12H15ClN4. The highest BCUT2D eigenvalue weighted by Crippen LogP contribution is 2.19. The average molecular weight is 251 g/mol. The van der Waals surface area contributed by atoms with Crippen LogP contribution in [0.1, 0.15) is 18.9 Å². The number of halogens is 1. The van der Waals surface area contributed by atoms with E-state index in [2.05, 4.69) is 22.3 Å². The lowest BCUT2D eigenvalue weighted by molar-refractivity contribution is 0.670. The molecule has 0 bridgehead atoms. The van der Waals surface area contributed by atoms with Crippen molar-refractivity contribution in [1.29, 1.82) is 0 Å². The summed E-state index contributed by atoms with van der Waals surface area (Å²) in [6.07, 6.45) is 4.31. The topological polar surface area (TPSA) is 42.7 Å². The minimum absolute atomic E-state index is 0.703. The van der Waals surface area contributed by atoms with E-state index in [1.54, 1.807) is 11.0 Å². The fourth-order valence-corrected chi connectivity index (χ4v) is 1.80. The van der Waals surface area contributed by atoms with Crippen molar-refractivity contribution in [3.63, 3.8) is 0 Å². The van der Waals surface area contributed by atoms with Crippen molar-refractivity contribution in [3.05, 3.63) is 41.4 Å². The molecule has 0 amide bonds. The Morgan fingerprint density at radius 1 is 1.41 bits per heavy atom. The van der Waals surface area contributed by atoms with Crippen LogP contribution in [0.4, 0.5) is 0 Å². The molecule has 1 aromatic heterocycles. The summed E-state index contributed by atoms with van der Waals surface area (Å²) in [4.78, 5) is 3.95. The number of nitrogens with one attached hydrogen (secondary N) is 1. The Labute approximate surface area is 106 Å². The Morgan fingerprint density at radius 3 is 3.00 bits per heavy atom. The molecule has 1 heterocycles. The lowest BCUT2D eigenvalue weighted by Crippen LogP contribution is -2.15. The molecule has 0 aliphatic heterocycles. The van der Waals surface area contributed by atoms with E-state index in [9.17, 15) is 0 Å². The summed E-state index contributed by atoms with van der Waals surface area (Å²) >= 11 is 6.01. The maximum Gasteiger partial charge on any atom is 0.138 e. The fourth-order valence-electron chi connectivity index (χ4n) is 1.63. The summed E-state index contributed by atoms with van der Waals surface area (Å²) in [5, 5.41) is 8.21. The molecule has 4 nitrogen and oxygen atoms in total. The molecule has 90 valence electrons. The number of nitrogens with zero attached hydrogens (tertiary/aromatic N) is 3. The zero-order valence-corrected chi connectivity index (χ0v) is 10.5. The highest BCUT2D eigenvalue weighted by molar-refractivity contribution is 6.30. The second kappa shape index (κ2) is 5.80. The Hall–Kier alpha value is -1.39. The van der Waals surface area contributed by atoms with E-state index in [1.807, 2.05) is 18.2 Å². The van der Waals surface area contributed by atoms with Crippen molar-refractivity contribution in [2.75, 3.05) is 6.54 Å². The van der Waals surface area contributed by atoms with Crippen molar-refractivity contribution < 1.29 is 0 Å². The van der Waals surface area contributed by atoms with Gasteiger partial charge in [-0.3, -0.25) is 0 Å². The number of rotatable bonds is 5. The van der Waals surface area contributed by atoms with E-state index in [-0.39, 0.29) is 0 Å². The molecule has 0 fully saturated rings. The molecule has 0 aliphatic carbocycles. The van der Waals surface area contributed by atoms with Crippen molar-refractivity contribution in [2.24, 2.45) is 0 Å². The number of hydrogen-bond donors (Lipinski definition) is 1. The van der Waals surface area contributed by atoms with Crippen LogP contribution >= 0.6 is 11.6 Å². The molecular weight excluding hydrogens is 236 g/mol. The van der Waals surface area contributed by atoms with E-state index in [0.29, 0.717) is 5.02 Å². The number of benzene rings is 1. The Bertz CT molecular complexity index is 467. The summed E-state index contributed by atoms with van der Waals surface area (Å²) in [6.45, 7) is 3.95. The summed E-state index contributed by atoms with van der Waals surface area (Å²) in [7, 11) is 0.